The minimum absolute atomic E-state index is 0.158. The maximum absolute atomic E-state index is 13.1. The molecule has 0 aromatic heterocycles. The van der Waals surface area contributed by atoms with Crippen molar-refractivity contribution in [3.8, 4) is 0 Å². The van der Waals surface area contributed by atoms with Crippen molar-refractivity contribution in [3.63, 3.8) is 0 Å². The molecule has 6 N–H and O–H groups in total. The van der Waals surface area contributed by atoms with Crippen LogP contribution in [0.3, 0.4) is 0 Å². The summed E-state index contributed by atoms with van der Waals surface area (Å²) in [5.41, 5.74) is 0. The Kier molecular flexibility index (Phi) is 59.0. The second-order valence-electron chi connectivity index (χ2n) is 23.9. The second kappa shape index (κ2) is 62.9. The second-order valence-corrected chi connectivity index (χ2v) is 23.9. The molecule has 84 heavy (non-hydrogen) atoms. The third-order valence-electron chi connectivity index (χ3n) is 16.1. The lowest BCUT2D eigenvalue weighted by atomic mass is 9.99. The highest BCUT2D eigenvalue weighted by Gasteiger charge is 2.44. The van der Waals surface area contributed by atoms with Gasteiger partial charge in [-0.2, -0.15) is 0 Å². The standard InChI is InChI=1S/C75H131NO8/c1-3-5-7-9-11-13-15-17-19-21-23-25-27-29-31-33-35-37-39-41-43-45-47-49-51-53-55-57-59-61-63-65-71(79)76-68(67-83-75-74(82)73(81)72(80)70(66-77)84-75)69(78)64-62-60-58-56-54-52-50-48-46-44-42-40-38-36-34-32-30-28-26-24-22-20-18-16-14-12-10-8-6-4-2/h5,7,11,13,17,19,23,25,29,31,35,37,41,43,47,49,53,55,68-70,72-75,77-78,80-82H,3-4,6,8-10,12,14-16,18,20-22,24,26-28,30,32-34,36,38-40,42,44-46,48,50-52,54,56-67H2,1-2H3,(H,76,79)/b7-5-,13-11-,19-17-,25-23-,31-29-,37-35-,43-41-,49-47-,55-53-. The van der Waals surface area contributed by atoms with Crippen LogP contribution in [0.25, 0.3) is 0 Å². The average Bonchev–Trinajstić information content (AvgIpc) is 3.70. The molecule has 484 valence electrons. The van der Waals surface area contributed by atoms with E-state index in [0.29, 0.717) is 12.8 Å². The van der Waals surface area contributed by atoms with Gasteiger partial charge in [0, 0.05) is 6.42 Å². The first-order valence-corrected chi connectivity index (χ1v) is 35.1. The van der Waals surface area contributed by atoms with Crippen molar-refractivity contribution in [3.05, 3.63) is 109 Å². The average molecular weight is 1170 g/mol. The van der Waals surface area contributed by atoms with Crippen molar-refractivity contribution in [2.75, 3.05) is 13.2 Å². The van der Waals surface area contributed by atoms with Gasteiger partial charge in [-0.15, -0.1) is 0 Å². The van der Waals surface area contributed by atoms with Crippen LogP contribution >= 0.6 is 0 Å². The van der Waals surface area contributed by atoms with Gasteiger partial charge in [-0.05, 0) is 83.5 Å². The molecule has 0 aromatic rings. The Hall–Kier alpha value is -3.15. The predicted molar refractivity (Wildman–Crippen MR) is 359 cm³/mol. The molecule has 1 fully saturated rings. The van der Waals surface area contributed by atoms with Crippen LogP contribution in [0.2, 0.25) is 0 Å². The summed E-state index contributed by atoms with van der Waals surface area (Å²) in [6.07, 6.45) is 85.8. The van der Waals surface area contributed by atoms with E-state index in [1.54, 1.807) is 0 Å². The number of ether oxygens (including phenoxy) is 2. The van der Waals surface area contributed by atoms with Gasteiger partial charge in [-0.25, -0.2) is 0 Å². The molecule has 0 radical (unpaired) electrons. The predicted octanol–water partition coefficient (Wildman–Crippen LogP) is 19.2. The topological polar surface area (TPSA) is 149 Å². The first-order chi connectivity index (χ1) is 41.3. The molecular formula is C75H131NO8. The van der Waals surface area contributed by atoms with Crippen LogP contribution in [0.5, 0.6) is 0 Å². The number of nitrogens with one attached hydrogen (secondary N) is 1. The smallest absolute Gasteiger partial charge is 0.220 e. The molecule has 0 aromatic carbocycles. The van der Waals surface area contributed by atoms with Gasteiger partial charge in [-0.3, -0.25) is 4.79 Å². The van der Waals surface area contributed by atoms with Gasteiger partial charge in [0.2, 0.25) is 5.91 Å². The van der Waals surface area contributed by atoms with Crippen LogP contribution in [-0.4, -0.2) is 87.5 Å². The minimum atomic E-state index is -1.57. The van der Waals surface area contributed by atoms with E-state index in [4.69, 9.17) is 9.47 Å². The van der Waals surface area contributed by atoms with Crippen LogP contribution in [0.4, 0.5) is 0 Å². The van der Waals surface area contributed by atoms with E-state index in [1.807, 2.05) is 0 Å². The Morgan fingerprint density at radius 2 is 0.738 bits per heavy atom. The molecule has 0 spiro atoms. The summed E-state index contributed by atoms with van der Waals surface area (Å²) in [5.74, 6) is -0.177. The van der Waals surface area contributed by atoms with Gasteiger partial charge in [0.1, 0.15) is 24.4 Å². The number of aliphatic hydroxyl groups is 5. The summed E-state index contributed by atoms with van der Waals surface area (Å²) in [6.45, 7) is 3.73. The van der Waals surface area contributed by atoms with Crippen LogP contribution < -0.4 is 5.32 Å². The molecule has 0 bridgehead atoms. The van der Waals surface area contributed by atoms with Gasteiger partial charge >= 0.3 is 0 Å². The molecule has 9 nitrogen and oxygen atoms in total. The van der Waals surface area contributed by atoms with E-state index >= 15 is 0 Å². The third kappa shape index (κ3) is 50.9. The molecule has 1 rings (SSSR count). The van der Waals surface area contributed by atoms with E-state index in [1.165, 1.54) is 173 Å². The first kappa shape index (κ1) is 78.9. The SMILES string of the molecule is CC/C=C\C/C=C\C/C=C\C/C=C\C/C=C\C/C=C\C/C=C\C/C=C\C/C=C\CCCCCC(=O)NC(COC1OC(CO)C(O)C(O)C1O)C(O)CCCCCCCCCCCCCCCCCCCCCCCCCCCCCCCC. The quantitative estimate of drug-likeness (QED) is 0.0261. The van der Waals surface area contributed by atoms with Crippen LogP contribution in [0.15, 0.2) is 109 Å². The molecule has 7 unspecified atom stereocenters. The molecule has 1 amide bonds. The van der Waals surface area contributed by atoms with Crippen molar-refractivity contribution in [1.29, 1.82) is 0 Å². The van der Waals surface area contributed by atoms with Gasteiger partial charge < -0.3 is 40.3 Å². The van der Waals surface area contributed by atoms with Crippen LogP contribution in [0, 0.1) is 0 Å². The Morgan fingerprint density at radius 3 is 1.08 bits per heavy atom. The number of rotatable bonds is 60. The molecule has 1 saturated heterocycles. The number of allylic oxidation sites excluding steroid dienone is 18. The minimum Gasteiger partial charge on any atom is -0.394 e. The Bertz CT molecular complexity index is 1690. The van der Waals surface area contributed by atoms with Gasteiger partial charge in [0.05, 0.1) is 25.4 Å². The number of unbranched alkanes of at least 4 members (excludes halogenated alkanes) is 32. The summed E-state index contributed by atoms with van der Waals surface area (Å²) in [6, 6.07) is -0.748. The summed E-state index contributed by atoms with van der Waals surface area (Å²) < 4.78 is 11.4. The van der Waals surface area contributed by atoms with E-state index in [0.717, 1.165) is 103 Å². The van der Waals surface area contributed by atoms with Crippen molar-refractivity contribution in [1.82, 2.24) is 5.32 Å². The zero-order valence-electron chi connectivity index (χ0n) is 54.1. The lowest BCUT2D eigenvalue weighted by molar-refractivity contribution is -0.302. The molecule has 1 aliphatic heterocycles. The summed E-state index contributed by atoms with van der Waals surface area (Å²) in [5, 5.41) is 54.9. The van der Waals surface area contributed by atoms with E-state index in [2.05, 4.69) is 129 Å². The Balaban J connectivity index is 2.18. The lowest BCUT2D eigenvalue weighted by Crippen LogP contribution is -2.60. The van der Waals surface area contributed by atoms with Gasteiger partial charge in [-0.1, -0.05) is 322 Å². The van der Waals surface area contributed by atoms with E-state index < -0.39 is 49.5 Å². The fourth-order valence-electron chi connectivity index (χ4n) is 10.7. The molecule has 0 saturated carbocycles. The van der Waals surface area contributed by atoms with Crippen LogP contribution in [0.1, 0.15) is 303 Å². The van der Waals surface area contributed by atoms with Gasteiger partial charge in [0.15, 0.2) is 6.29 Å². The van der Waals surface area contributed by atoms with Crippen LogP contribution in [-0.2, 0) is 14.3 Å². The number of aliphatic hydroxyl groups excluding tert-OH is 5. The van der Waals surface area contributed by atoms with Crippen molar-refractivity contribution < 1.29 is 39.8 Å². The number of amides is 1. The number of hydrogen-bond donors (Lipinski definition) is 6. The van der Waals surface area contributed by atoms with Gasteiger partial charge in [0.25, 0.3) is 0 Å². The zero-order chi connectivity index (χ0) is 60.7. The van der Waals surface area contributed by atoms with Crippen molar-refractivity contribution >= 4 is 5.91 Å². The summed E-state index contributed by atoms with van der Waals surface area (Å²) in [4.78, 5) is 13.1. The molecule has 1 aliphatic rings. The molecule has 9 heteroatoms. The fraction of sp³-hybridized carbons (Fsp3) is 0.747. The zero-order valence-corrected chi connectivity index (χ0v) is 54.1. The molecule has 1 heterocycles. The van der Waals surface area contributed by atoms with E-state index in [9.17, 15) is 30.3 Å². The summed E-state index contributed by atoms with van der Waals surface area (Å²) >= 11 is 0. The normalized spacial score (nSPS) is 18.9. The van der Waals surface area contributed by atoms with Crippen molar-refractivity contribution in [2.24, 2.45) is 0 Å². The maximum atomic E-state index is 13.1. The first-order valence-electron chi connectivity index (χ1n) is 35.1. The molecule has 0 aliphatic carbocycles. The van der Waals surface area contributed by atoms with E-state index in [-0.39, 0.29) is 12.5 Å². The largest absolute Gasteiger partial charge is 0.394 e. The monoisotopic (exact) mass is 1170 g/mol. The number of hydrogen-bond acceptors (Lipinski definition) is 8. The Labute approximate surface area is 516 Å². The maximum Gasteiger partial charge on any atom is 0.220 e. The third-order valence-corrected chi connectivity index (χ3v) is 16.1. The molecule has 7 atom stereocenters. The Morgan fingerprint density at radius 1 is 0.417 bits per heavy atom. The number of carbonyl (C=O) groups is 1. The molecular weight excluding hydrogens is 1040 g/mol. The highest BCUT2D eigenvalue weighted by atomic mass is 16.7. The number of carbonyl (C=O) groups excluding carboxylic acids is 1. The highest BCUT2D eigenvalue weighted by molar-refractivity contribution is 5.76. The highest BCUT2D eigenvalue weighted by Crippen LogP contribution is 2.23. The van der Waals surface area contributed by atoms with Crippen molar-refractivity contribution in [2.45, 2.75) is 346 Å². The fourth-order valence-corrected chi connectivity index (χ4v) is 10.7. The summed E-state index contributed by atoms with van der Waals surface area (Å²) in [7, 11) is 0. The lowest BCUT2D eigenvalue weighted by Gasteiger charge is -2.40.